The van der Waals surface area contributed by atoms with Gasteiger partial charge in [0.15, 0.2) is 11.6 Å². The van der Waals surface area contributed by atoms with E-state index in [1.54, 1.807) is 24.3 Å². The molecule has 3 nitrogen and oxygen atoms in total. The molecule has 3 rings (SSSR count). The number of rotatable bonds is 8. The summed E-state index contributed by atoms with van der Waals surface area (Å²) in [5.41, 5.74) is 4.04. The Morgan fingerprint density at radius 2 is 1.63 bits per heavy atom. The average Bonchev–Trinajstić information content (AvgIpc) is 2.70. The Morgan fingerprint density at radius 3 is 2.26 bits per heavy atom. The van der Waals surface area contributed by atoms with Gasteiger partial charge in [-0.1, -0.05) is 69.9 Å². The van der Waals surface area contributed by atoms with E-state index in [9.17, 15) is 14.7 Å². The first-order valence-corrected chi connectivity index (χ1v) is 10.1. The van der Waals surface area contributed by atoms with Crippen molar-refractivity contribution in [2.24, 2.45) is 5.92 Å². The quantitative estimate of drug-likeness (QED) is 0.627. The Labute approximate surface area is 161 Å². The molecule has 0 saturated heterocycles. The molecular weight excluding hydrogens is 336 g/mol. The third kappa shape index (κ3) is 3.74. The lowest BCUT2D eigenvalue weighted by Crippen LogP contribution is -2.24. The molecule has 1 N–H and O–H groups in total. The van der Waals surface area contributed by atoms with Crippen molar-refractivity contribution in [3.63, 3.8) is 0 Å². The molecule has 1 atom stereocenters. The monoisotopic (exact) mass is 364 g/mol. The van der Waals surface area contributed by atoms with Gasteiger partial charge in [0.05, 0.1) is 0 Å². The van der Waals surface area contributed by atoms with Crippen molar-refractivity contribution in [3.8, 4) is 0 Å². The van der Waals surface area contributed by atoms with Crippen LogP contribution in [0.5, 0.6) is 0 Å². The summed E-state index contributed by atoms with van der Waals surface area (Å²) < 4.78 is 0. The zero-order chi connectivity index (χ0) is 19.4. The number of fused-ring (bicyclic) bond motifs is 2. The number of ketones is 2. The predicted octanol–water partition coefficient (Wildman–Crippen LogP) is 4.76. The maximum atomic E-state index is 13.3. The lowest BCUT2D eigenvalue weighted by Gasteiger charge is -2.25. The van der Waals surface area contributed by atoms with E-state index in [1.165, 1.54) is 6.42 Å². The Morgan fingerprint density at radius 1 is 0.926 bits per heavy atom. The summed E-state index contributed by atoms with van der Waals surface area (Å²) in [5, 5.41) is 9.50. The summed E-state index contributed by atoms with van der Waals surface area (Å²) in [6, 6.07) is 10.8. The van der Waals surface area contributed by atoms with E-state index in [2.05, 4.69) is 13.8 Å². The van der Waals surface area contributed by atoms with Gasteiger partial charge in [0.2, 0.25) is 0 Å². The molecule has 3 heteroatoms. The minimum atomic E-state index is -0.0707. The highest BCUT2D eigenvalue weighted by Crippen LogP contribution is 2.33. The third-order valence-electron chi connectivity index (χ3n) is 5.72. The first-order chi connectivity index (χ1) is 13.1. The number of aliphatic hydroxyl groups excluding tert-OH is 1. The molecule has 0 spiro atoms. The second-order valence-corrected chi connectivity index (χ2v) is 7.42. The van der Waals surface area contributed by atoms with Crippen molar-refractivity contribution in [2.75, 3.05) is 6.61 Å². The highest BCUT2D eigenvalue weighted by molar-refractivity contribution is 6.29. The number of benzene rings is 2. The van der Waals surface area contributed by atoms with Crippen molar-refractivity contribution < 1.29 is 14.7 Å². The predicted molar refractivity (Wildman–Crippen MR) is 108 cm³/mol. The molecule has 0 aromatic heterocycles. The molecule has 0 heterocycles. The van der Waals surface area contributed by atoms with Crippen molar-refractivity contribution in [2.45, 2.75) is 52.4 Å². The van der Waals surface area contributed by atoms with Gasteiger partial charge in [-0.15, -0.1) is 0 Å². The van der Waals surface area contributed by atoms with Crippen LogP contribution in [0.4, 0.5) is 0 Å². The molecular formula is C24H28O3. The van der Waals surface area contributed by atoms with Crippen LogP contribution in [-0.4, -0.2) is 23.3 Å². The standard InChI is InChI=1S/C24H28O3/c1-3-5-8-16(4-2)15-21-17(13-14-25)11-12-20-22(21)24(27)19-10-7-6-9-18(19)23(20)26/h6-7,9-12,16,25H,3-5,8,13-15H2,1-2H3. The van der Waals surface area contributed by atoms with Gasteiger partial charge in [-0.2, -0.15) is 0 Å². The van der Waals surface area contributed by atoms with Crippen LogP contribution in [0.3, 0.4) is 0 Å². The first kappa shape index (κ1) is 19.5. The molecule has 0 aliphatic heterocycles. The SMILES string of the molecule is CCCCC(CC)Cc1c(CCO)ccc2c1C(=O)c1ccccc1C2=O. The molecule has 0 bridgehead atoms. The molecule has 0 saturated carbocycles. The number of carbonyl (C=O) groups is 2. The van der Waals surface area contributed by atoms with E-state index >= 15 is 0 Å². The summed E-state index contributed by atoms with van der Waals surface area (Å²) in [6.07, 6.45) is 5.78. The molecule has 1 aliphatic rings. The van der Waals surface area contributed by atoms with E-state index in [0.717, 1.165) is 36.8 Å². The Bertz CT molecular complexity index is 851. The molecule has 142 valence electrons. The van der Waals surface area contributed by atoms with Gasteiger partial charge < -0.3 is 5.11 Å². The smallest absolute Gasteiger partial charge is 0.194 e. The summed E-state index contributed by atoms with van der Waals surface area (Å²) in [6.45, 7) is 4.41. The van der Waals surface area contributed by atoms with Crippen LogP contribution >= 0.6 is 0 Å². The zero-order valence-electron chi connectivity index (χ0n) is 16.3. The molecule has 2 aromatic rings. The summed E-state index contributed by atoms with van der Waals surface area (Å²) in [5.74, 6) is 0.355. The Balaban J connectivity index is 2.11. The maximum absolute atomic E-state index is 13.3. The van der Waals surface area contributed by atoms with E-state index in [-0.39, 0.29) is 18.2 Å². The molecule has 1 unspecified atom stereocenters. The van der Waals surface area contributed by atoms with Gasteiger partial charge in [0.1, 0.15) is 0 Å². The topological polar surface area (TPSA) is 54.4 Å². The van der Waals surface area contributed by atoms with Gasteiger partial charge in [0.25, 0.3) is 0 Å². The second kappa shape index (κ2) is 8.62. The van der Waals surface area contributed by atoms with Gasteiger partial charge in [0, 0.05) is 28.9 Å². The molecule has 0 amide bonds. The van der Waals surface area contributed by atoms with Crippen LogP contribution < -0.4 is 0 Å². The highest BCUT2D eigenvalue weighted by Gasteiger charge is 2.32. The van der Waals surface area contributed by atoms with Crippen molar-refractivity contribution in [1.29, 1.82) is 0 Å². The summed E-state index contributed by atoms with van der Waals surface area (Å²) in [7, 11) is 0. The fourth-order valence-electron chi connectivity index (χ4n) is 4.12. The number of carbonyl (C=O) groups excluding carboxylic acids is 2. The summed E-state index contributed by atoms with van der Waals surface area (Å²) in [4.78, 5) is 26.3. The van der Waals surface area contributed by atoms with Crippen LogP contribution in [-0.2, 0) is 12.8 Å². The van der Waals surface area contributed by atoms with Crippen LogP contribution in [0, 0.1) is 5.92 Å². The van der Waals surface area contributed by atoms with E-state index in [4.69, 9.17) is 0 Å². The number of aliphatic hydroxyl groups is 1. The number of unbranched alkanes of at least 4 members (excludes halogenated alkanes) is 1. The summed E-state index contributed by atoms with van der Waals surface area (Å²) >= 11 is 0. The molecule has 0 fully saturated rings. The Hall–Kier alpha value is -2.26. The molecule has 27 heavy (non-hydrogen) atoms. The average molecular weight is 364 g/mol. The van der Waals surface area contributed by atoms with Crippen LogP contribution in [0.2, 0.25) is 0 Å². The molecule has 0 radical (unpaired) electrons. The van der Waals surface area contributed by atoms with E-state index in [0.29, 0.717) is 34.6 Å². The van der Waals surface area contributed by atoms with Gasteiger partial charge in [-0.05, 0) is 36.0 Å². The minimum Gasteiger partial charge on any atom is -0.396 e. The Kier molecular flexibility index (Phi) is 6.22. The third-order valence-corrected chi connectivity index (χ3v) is 5.72. The van der Waals surface area contributed by atoms with Gasteiger partial charge >= 0.3 is 0 Å². The second-order valence-electron chi connectivity index (χ2n) is 7.42. The molecule has 2 aromatic carbocycles. The van der Waals surface area contributed by atoms with Crippen LogP contribution in [0.15, 0.2) is 36.4 Å². The van der Waals surface area contributed by atoms with E-state index in [1.807, 2.05) is 12.1 Å². The number of hydrogen-bond acceptors (Lipinski definition) is 3. The van der Waals surface area contributed by atoms with Crippen LogP contribution in [0.1, 0.15) is 82.5 Å². The maximum Gasteiger partial charge on any atom is 0.194 e. The number of hydrogen-bond donors (Lipinski definition) is 1. The van der Waals surface area contributed by atoms with Gasteiger partial charge in [-0.3, -0.25) is 9.59 Å². The normalized spacial score (nSPS) is 14.0. The van der Waals surface area contributed by atoms with Crippen LogP contribution in [0.25, 0.3) is 0 Å². The van der Waals surface area contributed by atoms with Crippen molar-refractivity contribution in [1.82, 2.24) is 0 Å². The van der Waals surface area contributed by atoms with Gasteiger partial charge in [-0.25, -0.2) is 0 Å². The highest BCUT2D eigenvalue weighted by atomic mass is 16.3. The van der Waals surface area contributed by atoms with E-state index < -0.39 is 0 Å². The lowest BCUT2D eigenvalue weighted by atomic mass is 9.77. The fourth-order valence-corrected chi connectivity index (χ4v) is 4.12. The lowest BCUT2D eigenvalue weighted by molar-refractivity contribution is 0.0978. The largest absolute Gasteiger partial charge is 0.396 e. The van der Waals surface area contributed by atoms with Crippen molar-refractivity contribution >= 4 is 11.6 Å². The van der Waals surface area contributed by atoms with Crippen molar-refractivity contribution in [3.05, 3.63) is 69.8 Å². The minimum absolute atomic E-state index is 0.0380. The molecule has 1 aliphatic carbocycles. The first-order valence-electron chi connectivity index (χ1n) is 10.1. The fraction of sp³-hybridized carbons (Fsp3) is 0.417. The zero-order valence-corrected chi connectivity index (χ0v) is 16.3.